The molecule has 0 aliphatic heterocycles. The monoisotopic (exact) mass is 148 g/mol. The molecule has 0 saturated heterocycles. The number of hydrogen-bond acceptors (Lipinski definition) is 2. The Labute approximate surface area is 64.9 Å². The third-order valence-electron chi connectivity index (χ3n) is 1.51. The van der Waals surface area contributed by atoms with Gasteiger partial charge in [-0.15, -0.1) is 0 Å². The highest BCUT2D eigenvalue weighted by Crippen LogP contribution is 2.15. The number of carbonyl (C=O) groups is 2. The fourth-order valence-electron chi connectivity index (χ4n) is 0.945. The molecule has 1 aliphatic carbocycles. The number of aldehydes is 1. The molecule has 2 heteroatoms. The van der Waals surface area contributed by atoms with Crippen molar-refractivity contribution in [1.29, 1.82) is 0 Å². The largest absolute Gasteiger partial charge is 0.298 e. The molecular weight excluding hydrogens is 140 g/mol. The molecule has 0 aromatic heterocycles. The lowest BCUT2D eigenvalue weighted by molar-refractivity contribution is -0.111. The molecule has 2 nitrogen and oxygen atoms in total. The first-order valence-electron chi connectivity index (χ1n) is 3.24. The van der Waals surface area contributed by atoms with Crippen molar-refractivity contribution in [2.75, 3.05) is 0 Å². The summed E-state index contributed by atoms with van der Waals surface area (Å²) < 4.78 is 0. The summed E-state index contributed by atoms with van der Waals surface area (Å²) in [6.45, 7) is 5.19. The second-order valence-electron chi connectivity index (χ2n) is 2.44. The van der Waals surface area contributed by atoms with E-state index >= 15 is 0 Å². The van der Waals surface area contributed by atoms with Gasteiger partial charge in [-0.3, -0.25) is 9.59 Å². The number of ketones is 1. The fraction of sp³-hybridized carbons (Fsp3) is 0.111. The quantitative estimate of drug-likeness (QED) is 0.413. The third kappa shape index (κ3) is 1.34. The smallest absolute Gasteiger partial charge is 0.188 e. The van der Waals surface area contributed by atoms with Crippen LogP contribution >= 0.6 is 0 Å². The Bertz CT molecular complexity index is 293. The lowest BCUT2D eigenvalue weighted by atomic mass is 9.97. The van der Waals surface area contributed by atoms with Gasteiger partial charge in [-0.25, -0.2) is 0 Å². The van der Waals surface area contributed by atoms with Gasteiger partial charge in [0.05, 0.1) is 0 Å². The van der Waals surface area contributed by atoms with Crippen LogP contribution in [0.4, 0.5) is 0 Å². The topological polar surface area (TPSA) is 34.1 Å². The van der Waals surface area contributed by atoms with Gasteiger partial charge < -0.3 is 0 Å². The zero-order valence-corrected chi connectivity index (χ0v) is 6.26. The second kappa shape index (κ2) is 2.66. The maximum atomic E-state index is 11.1. The lowest BCUT2D eigenvalue weighted by Gasteiger charge is -2.06. The van der Waals surface area contributed by atoms with Crippen LogP contribution < -0.4 is 0 Å². The molecule has 0 fully saturated rings. The molecule has 0 heterocycles. The van der Waals surface area contributed by atoms with Crippen molar-refractivity contribution in [2.45, 2.75) is 6.92 Å². The minimum Gasteiger partial charge on any atom is -0.298 e. The average molecular weight is 148 g/mol. The summed E-state index contributed by atoms with van der Waals surface area (Å²) in [5.41, 5.74) is 1.46. The van der Waals surface area contributed by atoms with E-state index in [1.54, 1.807) is 13.0 Å². The highest BCUT2D eigenvalue weighted by Gasteiger charge is 2.12. The Kier molecular flexibility index (Phi) is 1.85. The fourth-order valence-corrected chi connectivity index (χ4v) is 0.945. The molecule has 0 atom stereocenters. The molecule has 0 radical (unpaired) electrons. The molecule has 0 amide bonds. The molecular formula is C9H8O2. The number of rotatable bonds is 1. The molecule has 0 aromatic rings. The summed E-state index contributed by atoms with van der Waals surface area (Å²) in [5.74, 6) is -0.0874. The first kappa shape index (κ1) is 7.66. The van der Waals surface area contributed by atoms with Crippen LogP contribution in [0.15, 0.2) is 35.5 Å². The summed E-state index contributed by atoms with van der Waals surface area (Å²) in [5, 5.41) is 0. The molecule has 0 aromatic carbocycles. The van der Waals surface area contributed by atoms with Gasteiger partial charge in [-0.2, -0.15) is 0 Å². The van der Waals surface area contributed by atoms with Gasteiger partial charge >= 0.3 is 0 Å². The van der Waals surface area contributed by atoms with Crippen molar-refractivity contribution in [1.82, 2.24) is 0 Å². The molecule has 56 valence electrons. The average Bonchev–Trinajstić information content (AvgIpc) is 1.99. The molecule has 0 N–H and O–H groups in total. The third-order valence-corrected chi connectivity index (χ3v) is 1.51. The summed E-state index contributed by atoms with van der Waals surface area (Å²) in [6.07, 6.45) is 3.76. The predicted octanol–water partition coefficient (Wildman–Crippen LogP) is 1.20. The van der Waals surface area contributed by atoms with Crippen molar-refractivity contribution in [3.63, 3.8) is 0 Å². The zero-order valence-electron chi connectivity index (χ0n) is 6.26. The van der Waals surface area contributed by atoms with Crippen LogP contribution in [0.1, 0.15) is 6.92 Å². The van der Waals surface area contributed by atoms with Crippen molar-refractivity contribution in [3.05, 3.63) is 35.5 Å². The van der Waals surface area contributed by atoms with Crippen LogP contribution in [0.2, 0.25) is 0 Å². The van der Waals surface area contributed by atoms with Crippen LogP contribution in [0.3, 0.4) is 0 Å². The number of Topliss-reactive ketones (excluding diaryl/α,β-unsaturated/α-hetero) is 1. The normalized spacial score (nSPS) is 17.5. The predicted molar refractivity (Wildman–Crippen MR) is 42.1 cm³/mol. The first-order chi connectivity index (χ1) is 5.15. The van der Waals surface area contributed by atoms with E-state index in [1.807, 2.05) is 0 Å². The van der Waals surface area contributed by atoms with Gasteiger partial charge in [0.25, 0.3) is 0 Å². The standard InChI is InChI=1S/C9H8O2/c1-6-3-8(5-10)4-7(2)9(6)11/h3-5H,1H2,2H3. The number of allylic oxidation sites excluding steroid dienone is 5. The van der Waals surface area contributed by atoms with Gasteiger partial charge in [0.1, 0.15) is 6.29 Å². The van der Waals surface area contributed by atoms with Crippen LogP contribution in [0.25, 0.3) is 0 Å². The van der Waals surface area contributed by atoms with E-state index in [-0.39, 0.29) is 5.78 Å². The van der Waals surface area contributed by atoms with Gasteiger partial charge in [0, 0.05) is 11.1 Å². The molecule has 0 saturated carbocycles. The summed E-state index contributed by atoms with van der Waals surface area (Å²) >= 11 is 0. The SMILES string of the molecule is C=C1C=C(C=O)C=C(C)C1=O. The molecule has 11 heavy (non-hydrogen) atoms. The van der Waals surface area contributed by atoms with E-state index < -0.39 is 0 Å². The van der Waals surface area contributed by atoms with E-state index in [0.29, 0.717) is 23.0 Å². The Balaban J connectivity index is 3.10. The zero-order chi connectivity index (χ0) is 8.43. The lowest BCUT2D eigenvalue weighted by Crippen LogP contribution is -2.06. The van der Waals surface area contributed by atoms with E-state index in [4.69, 9.17) is 0 Å². The molecule has 0 bridgehead atoms. The summed E-state index contributed by atoms with van der Waals surface area (Å²) in [7, 11) is 0. The second-order valence-corrected chi connectivity index (χ2v) is 2.44. The van der Waals surface area contributed by atoms with Gasteiger partial charge in [0.2, 0.25) is 0 Å². The van der Waals surface area contributed by atoms with Gasteiger partial charge in [-0.1, -0.05) is 6.58 Å². The highest BCUT2D eigenvalue weighted by atomic mass is 16.1. The van der Waals surface area contributed by atoms with Gasteiger partial charge in [-0.05, 0) is 24.6 Å². The van der Waals surface area contributed by atoms with E-state index in [0.717, 1.165) is 0 Å². The Hall–Kier alpha value is -1.44. The first-order valence-corrected chi connectivity index (χ1v) is 3.24. The van der Waals surface area contributed by atoms with Gasteiger partial charge in [0.15, 0.2) is 5.78 Å². The maximum absolute atomic E-state index is 11.1. The summed E-state index contributed by atoms with van der Waals surface area (Å²) in [4.78, 5) is 21.4. The number of carbonyl (C=O) groups excluding carboxylic acids is 2. The van der Waals surface area contributed by atoms with Crippen LogP contribution in [0, 0.1) is 0 Å². The van der Waals surface area contributed by atoms with Crippen molar-refractivity contribution in [2.24, 2.45) is 0 Å². The molecule has 0 unspecified atom stereocenters. The van der Waals surface area contributed by atoms with Crippen molar-refractivity contribution in [3.8, 4) is 0 Å². The van der Waals surface area contributed by atoms with E-state index in [1.165, 1.54) is 6.08 Å². The molecule has 1 rings (SSSR count). The van der Waals surface area contributed by atoms with E-state index in [9.17, 15) is 9.59 Å². The molecule has 1 aliphatic rings. The highest BCUT2D eigenvalue weighted by molar-refractivity contribution is 6.12. The summed E-state index contributed by atoms with van der Waals surface area (Å²) in [6, 6.07) is 0. The minimum atomic E-state index is -0.0874. The van der Waals surface area contributed by atoms with E-state index in [2.05, 4.69) is 6.58 Å². The Morgan fingerprint density at radius 2 is 2.09 bits per heavy atom. The van der Waals surface area contributed by atoms with Crippen molar-refractivity contribution >= 4 is 12.1 Å². The van der Waals surface area contributed by atoms with Crippen LogP contribution in [0.5, 0.6) is 0 Å². The minimum absolute atomic E-state index is 0.0874. The van der Waals surface area contributed by atoms with Crippen LogP contribution in [-0.4, -0.2) is 12.1 Å². The Morgan fingerprint density at radius 3 is 2.55 bits per heavy atom. The number of hydrogen-bond donors (Lipinski definition) is 0. The molecule has 0 spiro atoms. The maximum Gasteiger partial charge on any atom is 0.188 e. The van der Waals surface area contributed by atoms with Crippen molar-refractivity contribution < 1.29 is 9.59 Å². The van der Waals surface area contributed by atoms with Crippen LogP contribution in [-0.2, 0) is 9.59 Å². The Morgan fingerprint density at radius 1 is 1.45 bits per heavy atom.